The number of hydrogen-bond acceptors (Lipinski definition) is 3. The Labute approximate surface area is 89.7 Å². The molecular formula is C8H9ClF3N3. The van der Waals surface area contributed by atoms with Crippen molar-refractivity contribution in [2.24, 2.45) is 0 Å². The summed E-state index contributed by atoms with van der Waals surface area (Å²) in [5, 5.41) is 2.70. The topological polar surface area (TPSA) is 37.8 Å². The van der Waals surface area contributed by atoms with Crippen LogP contribution in [0.2, 0.25) is 5.15 Å². The van der Waals surface area contributed by atoms with Gasteiger partial charge in [-0.3, -0.25) is 4.98 Å². The summed E-state index contributed by atoms with van der Waals surface area (Å²) in [5.74, 6) is 0.235. The highest BCUT2D eigenvalue weighted by molar-refractivity contribution is 6.29. The molecule has 0 fully saturated rings. The van der Waals surface area contributed by atoms with E-state index in [1.807, 2.05) is 0 Å². The molecule has 7 heteroatoms. The highest BCUT2D eigenvalue weighted by Gasteiger charge is 2.30. The fourth-order valence-corrected chi connectivity index (χ4v) is 1.21. The van der Waals surface area contributed by atoms with Crippen molar-refractivity contribution >= 4 is 17.4 Å². The van der Waals surface area contributed by atoms with E-state index in [9.17, 15) is 13.2 Å². The second kappa shape index (κ2) is 4.65. The first kappa shape index (κ1) is 12.0. The van der Waals surface area contributed by atoms with Crippen molar-refractivity contribution in [2.45, 2.75) is 25.6 Å². The van der Waals surface area contributed by atoms with E-state index in [4.69, 9.17) is 11.6 Å². The maximum absolute atomic E-state index is 12.0. The molecule has 0 aromatic carbocycles. The van der Waals surface area contributed by atoms with Crippen LogP contribution in [0, 0.1) is 0 Å². The molecule has 0 saturated heterocycles. The van der Waals surface area contributed by atoms with Crippen molar-refractivity contribution in [3.05, 3.63) is 17.5 Å². The van der Waals surface area contributed by atoms with Gasteiger partial charge in [0, 0.05) is 6.04 Å². The lowest BCUT2D eigenvalue weighted by molar-refractivity contribution is -0.136. The van der Waals surface area contributed by atoms with E-state index in [0.717, 1.165) is 0 Å². The average Bonchev–Trinajstić information content (AvgIpc) is 1.99. The van der Waals surface area contributed by atoms with E-state index in [1.165, 1.54) is 19.3 Å². The molecule has 0 aliphatic heterocycles. The van der Waals surface area contributed by atoms with Crippen LogP contribution in [0.3, 0.4) is 0 Å². The summed E-state index contributed by atoms with van der Waals surface area (Å²) in [6, 6.07) is -0.766. The SMILES string of the molecule is CC(CC(F)(F)F)Nc1cncc(Cl)n1. The molecule has 1 aromatic rings. The number of halogens is 4. The van der Waals surface area contributed by atoms with Gasteiger partial charge in [0.2, 0.25) is 0 Å². The van der Waals surface area contributed by atoms with Crippen LogP contribution < -0.4 is 5.32 Å². The second-order valence-corrected chi connectivity index (χ2v) is 3.48. The first-order chi connectivity index (χ1) is 6.87. The van der Waals surface area contributed by atoms with Crippen LogP contribution in [0.25, 0.3) is 0 Å². The highest BCUT2D eigenvalue weighted by atomic mass is 35.5. The Kier molecular flexibility index (Phi) is 3.73. The van der Waals surface area contributed by atoms with Gasteiger partial charge in [-0.15, -0.1) is 0 Å². The highest BCUT2D eigenvalue weighted by Crippen LogP contribution is 2.22. The molecule has 15 heavy (non-hydrogen) atoms. The van der Waals surface area contributed by atoms with Gasteiger partial charge in [0.05, 0.1) is 18.8 Å². The third kappa shape index (κ3) is 4.83. The van der Waals surface area contributed by atoms with Crippen molar-refractivity contribution in [2.75, 3.05) is 5.32 Å². The fraction of sp³-hybridized carbons (Fsp3) is 0.500. The number of nitrogens with zero attached hydrogens (tertiary/aromatic N) is 2. The van der Waals surface area contributed by atoms with E-state index in [1.54, 1.807) is 0 Å². The summed E-state index contributed by atoms with van der Waals surface area (Å²) in [6.45, 7) is 1.41. The van der Waals surface area contributed by atoms with Crippen molar-refractivity contribution in [1.29, 1.82) is 0 Å². The van der Waals surface area contributed by atoms with Gasteiger partial charge >= 0.3 is 6.18 Å². The Balaban J connectivity index is 2.55. The van der Waals surface area contributed by atoms with Crippen LogP contribution in [0.4, 0.5) is 19.0 Å². The monoisotopic (exact) mass is 239 g/mol. The molecule has 1 N–H and O–H groups in total. The molecule has 0 aliphatic rings. The molecule has 0 bridgehead atoms. The molecule has 1 heterocycles. The smallest absolute Gasteiger partial charge is 0.366 e. The first-order valence-electron chi connectivity index (χ1n) is 4.17. The Hall–Kier alpha value is -1.04. The van der Waals surface area contributed by atoms with Crippen LogP contribution in [-0.4, -0.2) is 22.2 Å². The van der Waals surface area contributed by atoms with Crippen molar-refractivity contribution in [3.63, 3.8) is 0 Å². The Bertz CT molecular complexity index is 329. The molecule has 84 valence electrons. The lowest BCUT2D eigenvalue weighted by atomic mass is 10.2. The number of aromatic nitrogens is 2. The average molecular weight is 240 g/mol. The zero-order chi connectivity index (χ0) is 11.5. The van der Waals surface area contributed by atoms with E-state index >= 15 is 0 Å². The van der Waals surface area contributed by atoms with E-state index < -0.39 is 18.6 Å². The van der Waals surface area contributed by atoms with E-state index in [0.29, 0.717) is 0 Å². The minimum Gasteiger partial charge on any atom is -0.366 e. The minimum absolute atomic E-state index is 0.138. The van der Waals surface area contributed by atoms with Gasteiger partial charge in [-0.1, -0.05) is 11.6 Å². The van der Waals surface area contributed by atoms with Gasteiger partial charge in [0.25, 0.3) is 0 Å². The number of hydrogen-bond donors (Lipinski definition) is 1. The predicted octanol–water partition coefficient (Wildman–Crippen LogP) is 2.88. The summed E-state index contributed by atoms with van der Waals surface area (Å²) in [7, 11) is 0. The predicted molar refractivity (Wildman–Crippen MR) is 50.8 cm³/mol. The summed E-state index contributed by atoms with van der Waals surface area (Å²) < 4.78 is 36.0. The fourth-order valence-electron chi connectivity index (χ4n) is 1.06. The van der Waals surface area contributed by atoms with Crippen LogP contribution in [-0.2, 0) is 0 Å². The van der Waals surface area contributed by atoms with Crippen LogP contribution in [0.1, 0.15) is 13.3 Å². The maximum Gasteiger partial charge on any atom is 0.391 e. The first-order valence-corrected chi connectivity index (χ1v) is 4.55. The molecule has 1 atom stereocenters. The molecule has 1 aromatic heterocycles. The largest absolute Gasteiger partial charge is 0.391 e. The number of alkyl halides is 3. The summed E-state index contributed by atoms with van der Waals surface area (Å²) in [5.41, 5.74) is 0. The van der Waals surface area contributed by atoms with Crippen molar-refractivity contribution in [3.8, 4) is 0 Å². The van der Waals surface area contributed by atoms with Crippen LogP contribution in [0.15, 0.2) is 12.4 Å². The molecule has 0 spiro atoms. The third-order valence-corrected chi connectivity index (χ3v) is 1.72. The lowest BCUT2D eigenvalue weighted by Gasteiger charge is -2.15. The lowest BCUT2D eigenvalue weighted by Crippen LogP contribution is -2.24. The molecule has 0 radical (unpaired) electrons. The molecule has 1 rings (SSSR count). The molecule has 0 amide bonds. The molecule has 3 nitrogen and oxygen atoms in total. The Morgan fingerprint density at radius 1 is 1.47 bits per heavy atom. The zero-order valence-electron chi connectivity index (χ0n) is 7.85. The summed E-state index contributed by atoms with van der Waals surface area (Å²) in [4.78, 5) is 7.46. The van der Waals surface area contributed by atoms with Gasteiger partial charge in [-0.25, -0.2) is 4.98 Å². The number of nitrogens with one attached hydrogen (secondary N) is 1. The molecule has 1 unspecified atom stereocenters. The zero-order valence-corrected chi connectivity index (χ0v) is 8.60. The summed E-state index contributed by atoms with van der Waals surface area (Å²) in [6.07, 6.45) is -2.50. The third-order valence-electron chi connectivity index (χ3n) is 1.54. The molecule has 0 saturated carbocycles. The maximum atomic E-state index is 12.0. The van der Waals surface area contributed by atoms with E-state index in [2.05, 4.69) is 15.3 Å². The molecule has 0 aliphatic carbocycles. The number of rotatable bonds is 3. The molecular weight excluding hydrogens is 231 g/mol. The van der Waals surface area contributed by atoms with Gasteiger partial charge in [0.1, 0.15) is 11.0 Å². The van der Waals surface area contributed by atoms with Gasteiger partial charge in [-0.05, 0) is 6.92 Å². The quantitative estimate of drug-likeness (QED) is 0.881. The number of anilines is 1. The van der Waals surface area contributed by atoms with Gasteiger partial charge in [-0.2, -0.15) is 13.2 Å². The van der Waals surface area contributed by atoms with Crippen LogP contribution >= 0.6 is 11.6 Å². The van der Waals surface area contributed by atoms with Crippen LogP contribution in [0.5, 0.6) is 0 Å². The minimum atomic E-state index is -4.20. The summed E-state index contributed by atoms with van der Waals surface area (Å²) >= 11 is 5.53. The van der Waals surface area contributed by atoms with Gasteiger partial charge in [0.15, 0.2) is 0 Å². The van der Waals surface area contributed by atoms with Crippen molar-refractivity contribution < 1.29 is 13.2 Å². The Morgan fingerprint density at radius 3 is 2.67 bits per heavy atom. The van der Waals surface area contributed by atoms with Crippen molar-refractivity contribution in [1.82, 2.24) is 9.97 Å². The van der Waals surface area contributed by atoms with E-state index in [-0.39, 0.29) is 11.0 Å². The normalized spacial score (nSPS) is 13.7. The standard InChI is InChI=1S/C8H9ClF3N3/c1-5(2-8(10,11)12)14-7-4-13-3-6(9)15-7/h3-5H,2H2,1H3,(H,14,15). The van der Waals surface area contributed by atoms with Gasteiger partial charge < -0.3 is 5.32 Å². The Morgan fingerprint density at radius 2 is 2.13 bits per heavy atom. The second-order valence-electron chi connectivity index (χ2n) is 3.09.